The molecular formula is C12H18N4S. The van der Waals surface area contributed by atoms with Crippen LogP contribution in [0.1, 0.15) is 18.9 Å². The first kappa shape index (κ1) is 12.2. The van der Waals surface area contributed by atoms with Gasteiger partial charge in [0, 0.05) is 25.8 Å². The number of aromatic nitrogens is 1. The molecule has 0 radical (unpaired) electrons. The molecule has 0 atom stereocenters. The molecule has 0 unspecified atom stereocenters. The monoisotopic (exact) mass is 250 g/mol. The van der Waals surface area contributed by atoms with Crippen LogP contribution in [0, 0.1) is 0 Å². The van der Waals surface area contributed by atoms with E-state index in [1.165, 1.54) is 5.56 Å². The quantitative estimate of drug-likeness (QED) is 0.798. The van der Waals surface area contributed by atoms with Gasteiger partial charge in [-0.15, -0.1) is 11.8 Å². The van der Waals surface area contributed by atoms with E-state index in [1.807, 2.05) is 12.3 Å². The highest BCUT2D eigenvalue weighted by molar-refractivity contribution is 7.99. The van der Waals surface area contributed by atoms with Gasteiger partial charge in [-0.25, -0.2) is 4.98 Å². The van der Waals surface area contributed by atoms with E-state index in [-0.39, 0.29) is 0 Å². The fourth-order valence-electron chi connectivity index (χ4n) is 1.62. The van der Waals surface area contributed by atoms with Crippen LogP contribution < -0.4 is 10.6 Å². The molecule has 0 saturated heterocycles. The van der Waals surface area contributed by atoms with E-state index in [4.69, 9.17) is 0 Å². The maximum absolute atomic E-state index is 4.38. The molecule has 1 aromatic rings. The highest BCUT2D eigenvalue weighted by Crippen LogP contribution is 2.15. The van der Waals surface area contributed by atoms with Crippen LogP contribution >= 0.6 is 11.8 Å². The molecule has 0 bridgehead atoms. The minimum absolute atomic E-state index is 0.797. The Balaban J connectivity index is 1.89. The summed E-state index contributed by atoms with van der Waals surface area (Å²) >= 11 is 1.77. The maximum Gasteiger partial charge on any atom is 0.191 e. The average Bonchev–Trinajstić information content (AvgIpc) is 2.39. The van der Waals surface area contributed by atoms with Crippen LogP contribution in [0.2, 0.25) is 0 Å². The molecule has 2 heterocycles. The summed E-state index contributed by atoms with van der Waals surface area (Å²) in [4.78, 5) is 8.69. The summed E-state index contributed by atoms with van der Waals surface area (Å²) in [6.45, 7) is 4.87. The van der Waals surface area contributed by atoms with Crippen molar-refractivity contribution in [3.63, 3.8) is 0 Å². The molecule has 17 heavy (non-hydrogen) atoms. The van der Waals surface area contributed by atoms with Gasteiger partial charge in [-0.3, -0.25) is 4.99 Å². The number of hydrogen-bond donors (Lipinski definition) is 2. The van der Waals surface area contributed by atoms with E-state index in [0.29, 0.717) is 0 Å². The number of hydrogen-bond acceptors (Lipinski definition) is 5. The van der Waals surface area contributed by atoms with Crippen molar-refractivity contribution in [2.75, 3.05) is 18.8 Å². The summed E-state index contributed by atoms with van der Waals surface area (Å²) in [5.41, 5.74) is 1.24. The molecule has 5 heteroatoms. The first-order valence-corrected chi connectivity index (χ1v) is 6.97. The summed E-state index contributed by atoms with van der Waals surface area (Å²) in [6, 6.07) is 4.17. The Bertz CT molecular complexity index is 392. The molecule has 0 aliphatic carbocycles. The van der Waals surface area contributed by atoms with Crippen molar-refractivity contribution >= 4 is 17.7 Å². The van der Waals surface area contributed by atoms with Crippen molar-refractivity contribution in [2.45, 2.75) is 24.9 Å². The lowest BCUT2D eigenvalue weighted by atomic mass is 10.3. The second kappa shape index (κ2) is 6.49. The molecule has 0 saturated carbocycles. The van der Waals surface area contributed by atoms with Crippen molar-refractivity contribution in [3.05, 3.63) is 23.9 Å². The third-order valence-electron chi connectivity index (χ3n) is 2.45. The Labute approximate surface area is 106 Å². The number of pyridine rings is 1. The Hall–Kier alpha value is -1.23. The Kier molecular flexibility index (Phi) is 4.67. The number of guanidine groups is 1. The van der Waals surface area contributed by atoms with Crippen LogP contribution in [0.25, 0.3) is 0 Å². The molecule has 0 spiro atoms. The lowest BCUT2D eigenvalue weighted by molar-refractivity contribution is 0.701. The Morgan fingerprint density at radius 3 is 3.24 bits per heavy atom. The second-order valence-corrected chi connectivity index (χ2v) is 5.08. The second-order valence-electron chi connectivity index (χ2n) is 3.80. The van der Waals surface area contributed by atoms with E-state index in [2.05, 4.69) is 33.6 Å². The van der Waals surface area contributed by atoms with Gasteiger partial charge in [0.05, 0.1) is 5.03 Å². The lowest BCUT2D eigenvalue weighted by Gasteiger charge is -2.16. The third-order valence-corrected chi connectivity index (χ3v) is 3.26. The highest BCUT2D eigenvalue weighted by Gasteiger charge is 2.03. The number of nitrogens with one attached hydrogen (secondary N) is 2. The van der Waals surface area contributed by atoms with Gasteiger partial charge in [0.1, 0.15) is 0 Å². The average molecular weight is 250 g/mol. The topological polar surface area (TPSA) is 49.3 Å². The minimum atomic E-state index is 0.797. The first-order valence-electron chi connectivity index (χ1n) is 5.98. The zero-order chi connectivity index (χ0) is 11.9. The SMILES string of the molecule is CCSc1cc(CNC2=NCCCN2)ccn1. The first-order chi connectivity index (χ1) is 8.38. The molecule has 0 amide bonds. The van der Waals surface area contributed by atoms with Crippen molar-refractivity contribution in [1.29, 1.82) is 0 Å². The van der Waals surface area contributed by atoms with E-state index in [0.717, 1.165) is 42.8 Å². The summed E-state index contributed by atoms with van der Waals surface area (Å²) < 4.78 is 0. The van der Waals surface area contributed by atoms with Crippen molar-refractivity contribution in [1.82, 2.24) is 15.6 Å². The van der Waals surface area contributed by atoms with Gasteiger partial charge >= 0.3 is 0 Å². The van der Waals surface area contributed by atoms with Gasteiger partial charge in [-0.1, -0.05) is 6.92 Å². The zero-order valence-electron chi connectivity index (χ0n) is 10.1. The molecule has 1 aliphatic heterocycles. The molecule has 2 rings (SSSR count). The van der Waals surface area contributed by atoms with Crippen molar-refractivity contribution < 1.29 is 0 Å². The molecule has 1 aromatic heterocycles. The van der Waals surface area contributed by atoms with Crippen molar-refractivity contribution in [2.24, 2.45) is 4.99 Å². The van der Waals surface area contributed by atoms with E-state index in [1.54, 1.807) is 11.8 Å². The minimum Gasteiger partial charge on any atom is -0.356 e. The predicted molar refractivity (Wildman–Crippen MR) is 72.4 cm³/mol. The Morgan fingerprint density at radius 1 is 1.53 bits per heavy atom. The van der Waals surface area contributed by atoms with Gasteiger partial charge in [0.2, 0.25) is 0 Å². The van der Waals surface area contributed by atoms with Gasteiger partial charge in [-0.05, 0) is 29.9 Å². The van der Waals surface area contributed by atoms with Crippen LogP contribution in [0.3, 0.4) is 0 Å². The zero-order valence-corrected chi connectivity index (χ0v) is 10.9. The van der Waals surface area contributed by atoms with E-state index in [9.17, 15) is 0 Å². The van der Waals surface area contributed by atoms with Crippen LogP contribution in [0.5, 0.6) is 0 Å². The summed E-state index contributed by atoms with van der Waals surface area (Å²) in [5.74, 6) is 1.97. The highest BCUT2D eigenvalue weighted by atomic mass is 32.2. The number of aliphatic imine (C=N–C) groups is 1. The molecule has 0 fully saturated rings. The van der Waals surface area contributed by atoms with Gasteiger partial charge < -0.3 is 10.6 Å². The van der Waals surface area contributed by atoms with Crippen LogP contribution in [-0.4, -0.2) is 29.8 Å². The van der Waals surface area contributed by atoms with E-state index < -0.39 is 0 Å². The number of nitrogens with zero attached hydrogens (tertiary/aromatic N) is 2. The van der Waals surface area contributed by atoms with Crippen LogP contribution in [0.15, 0.2) is 28.3 Å². The molecule has 0 aromatic carbocycles. The van der Waals surface area contributed by atoms with Crippen LogP contribution in [0.4, 0.5) is 0 Å². The Morgan fingerprint density at radius 2 is 2.47 bits per heavy atom. The predicted octanol–water partition coefficient (Wildman–Crippen LogP) is 1.63. The third kappa shape index (κ3) is 3.93. The smallest absolute Gasteiger partial charge is 0.191 e. The van der Waals surface area contributed by atoms with Gasteiger partial charge in [0.25, 0.3) is 0 Å². The molecule has 1 aliphatic rings. The summed E-state index contributed by atoms with van der Waals surface area (Å²) in [6.07, 6.45) is 2.99. The number of rotatable bonds is 4. The normalized spacial score (nSPS) is 15.0. The number of thioether (sulfide) groups is 1. The molecule has 92 valence electrons. The molecular weight excluding hydrogens is 232 g/mol. The van der Waals surface area contributed by atoms with Gasteiger partial charge in [-0.2, -0.15) is 0 Å². The molecule has 4 nitrogen and oxygen atoms in total. The largest absolute Gasteiger partial charge is 0.356 e. The van der Waals surface area contributed by atoms with Gasteiger partial charge in [0.15, 0.2) is 5.96 Å². The maximum atomic E-state index is 4.38. The lowest BCUT2D eigenvalue weighted by Crippen LogP contribution is -2.40. The fraction of sp³-hybridized carbons (Fsp3) is 0.500. The van der Waals surface area contributed by atoms with Crippen molar-refractivity contribution in [3.8, 4) is 0 Å². The summed E-state index contributed by atoms with van der Waals surface area (Å²) in [7, 11) is 0. The molecule has 2 N–H and O–H groups in total. The summed E-state index contributed by atoms with van der Waals surface area (Å²) in [5, 5.41) is 7.64. The standard InChI is InChI=1S/C12H18N4S/c1-2-17-11-8-10(4-7-13-11)9-16-12-14-5-3-6-15-12/h4,7-8H,2-3,5-6,9H2,1H3,(H2,14,15,16). The van der Waals surface area contributed by atoms with Crippen LogP contribution in [-0.2, 0) is 6.54 Å². The fourth-order valence-corrected chi connectivity index (χ4v) is 2.29. The van der Waals surface area contributed by atoms with E-state index >= 15 is 0 Å².